The van der Waals surface area contributed by atoms with Gasteiger partial charge in [-0.05, 0) is 85.6 Å². The maximum absolute atomic E-state index is 13.4. The van der Waals surface area contributed by atoms with E-state index in [1.807, 2.05) is 62.4 Å². The van der Waals surface area contributed by atoms with E-state index in [4.69, 9.17) is 26.1 Å². The number of amidine groups is 1. The maximum atomic E-state index is 13.4. The number of carbonyl (C=O) groups excluding carboxylic acids is 1. The van der Waals surface area contributed by atoms with E-state index in [1.165, 1.54) is 11.8 Å². The van der Waals surface area contributed by atoms with Crippen LogP contribution in [0.15, 0.2) is 83.2 Å². The van der Waals surface area contributed by atoms with Crippen LogP contribution < -0.4 is 9.47 Å². The Morgan fingerprint density at radius 1 is 1.10 bits per heavy atom. The second-order valence-electron chi connectivity index (χ2n) is 8.93. The Morgan fingerprint density at radius 2 is 1.88 bits per heavy atom. The van der Waals surface area contributed by atoms with E-state index >= 15 is 0 Å². The molecule has 1 heterocycles. The van der Waals surface area contributed by atoms with Gasteiger partial charge in [0.25, 0.3) is 5.91 Å². The molecule has 0 bridgehead atoms. The van der Waals surface area contributed by atoms with Crippen molar-refractivity contribution in [3.05, 3.63) is 106 Å². The molecule has 1 fully saturated rings. The van der Waals surface area contributed by atoms with E-state index in [2.05, 4.69) is 12.6 Å². The lowest BCUT2D eigenvalue weighted by molar-refractivity contribution is -0.122. The van der Waals surface area contributed by atoms with E-state index in [0.29, 0.717) is 51.7 Å². The summed E-state index contributed by atoms with van der Waals surface area (Å²) in [6.07, 6.45) is 5.01. The number of nitriles is 1. The van der Waals surface area contributed by atoms with Gasteiger partial charge in [0.1, 0.15) is 6.61 Å². The van der Waals surface area contributed by atoms with Gasteiger partial charge in [0.05, 0.1) is 28.8 Å². The summed E-state index contributed by atoms with van der Waals surface area (Å²) < 4.78 is 12.2. The third kappa shape index (κ3) is 6.95. The summed E-state index contributed by atoms with van der Waals surface area (Å²) in [7, 11) is 0. The number of allylic oxidation sites excluding steroid dienone is 1. The number of halogens is 1. The second kappa shape index (κ2) is 13.9. The Kier molecular flexibility index (Phi) is 10.1. The van der Waals surface area contributed by atoms with E-state index in [9.17, 15) is 10.1 Å². The molecule has 0 atom stereocenters. The zero-order valence-electron chi connectivity index (χ0n) is 22.5. The number of nitrogens with zero attached hydrogens (tertiary/aromatic N) is 3. The zero-order chi connectivity index (χ0) is 28.5. The zero-order valence-corrected chi connectivity index (χ0v) is 24.1. The summed E-state index contributed by atoms with van der Waals surface area (Å²) in [4.78, 5) is 20.4. The van der Waals surface area contributed by atoms with Gasteiger partial charge in [-0.15, -0.1) is 6.58 Å². The fourth-order valence-electron chi connectivity index (χ4n) is 4.20. The predicted molar refractivity (Wildman–Crippen MR) is 163 cm³/mol. The molecule has 0 aliphatic carbocycles. The predicted octanol–water partition coefficient (Wildman–Crippen LogP) is 7.93. The highest BCUT2D eigenvalue weighted by Gasteiger charge is 2.33. The van der Waals surface area contributed by atoms with Crippen LogP contribution in [0.4, 0.5) is 5.69 Å². The Morgan fingerprint density at radius 3 is 2.58 bits per heavy atom. The van der Waals surface area contributed by atoms with Gasteiger partial charge in [-0.1, -0.05) is 42.8 Å². The Balaban J connectivity index is 1.69. The van der Waals surface area contributed by atoms with Gasteiger partial charge in [0.15, 0.2) is 16.7 Å². The third-order valence-electron chi connectivity index (χ3n) is 6.01. The van der Waals surface area contributed by atoms with Crippen molar-refractivity contribution >= 4 is 46.2 Å². The molecule has 3 aromatic rings. The van der Waals surface area contributed by atoms with Gasteiger partial charge in [-0.3, -0.25) is 9.69 Å². The van der Waals surface area contributed by atoms with Crippen LogP contribution in [0.1, 0.15) is 42.5 Å². The lowest BCUT2D eigenvalue weighted by atomic mass is 10.0. The van der Waals surface area contributed by atoms with Crippen molar-refractivity contribution < 1.29 is 14.3 Å². The monoisotopic (exact) mass is 571 g/mol. The van der Waals surface area contributed by atoms with Gasteiger partial charge in [0, 0.05) is 22.7 Å². The Hall–Kier alpha value is -3.99. The number of hydrogen-bond donors (Lipinski definition) is 0. The van der Waals surface area contributed by atoms with Crippen LogP contribution in [-0.4, -0.2) is 29.1 Å². The third-order valence-corrected chi connectivity index (χ3v) is 7.27. The standard InChI is InChI=1S/C32H30ClN3O3S/c1-4-9-23-17-22(18-28(38-6-3)30(23)39-21-25-11-8-7-10-24(25)20-34)19-29-31(37)36(16-5-2)32(40-29)35-27-14-12-26(33)13-15-27/h4,7-8,10-15,17-19H,1,5-6,9,16,21H2,2-3H3/b29-19-,35-32?. The summed E-state index contributed by atoms with van der Waals surface area (Å²) in [6, 6.07) is 20.6. The molecule has 1 aliphatic rings. The highest BCUT2D eigenvalue weighted by molar-refractivity contribution is 8.18. The molecule has 3 aromatic carbocycles. The van der Waals surface area contributed by atoms with Crippen molar-refractivity contribution in [2.24, 2.45) is 4.99 Å². The van der Waals surface area contributed by atoms with Crippen molar-refractivity contribution in [3.8, 4) is 17.6 Å². The average molecular weight is 572 g/mol. The largest absolute Gasteiger partial charge is 0.490 e. The smallest absolute Gasteiger partial charge is 0.266 e. The second-order valence-corrected chi connectivity index (χ2v) is 10.4. The van der Waals surface area contributed by atoms with Crippen molar-refractivity contribution in [2.75, 3.05) is 13.2 Å². The first-order valence-corrected chi connectivity index (χ1v) is 14.2. The van der Waals surface area contributed by atoms with Gasteiger partial charge in [-0.25, -0.2) is 4.99 Å². The molecule has 1 saturated heterocycles. The lowest BCUT2D eigenvalue weighted by Gasteiger charge is -2.17. The fraction of sp³-hybridized carbons (Fsp3) is 0.219. The number of benzene rings is 3. The molecule has 0 spiro atoms. The van der Waals surface area contributed by atoms with Crippen LogP contribution in [0, 0.1) is 11.3 Å². The van der Waals surface area contributed by atoms with Crippen LogP contribution in [0.25, 0.3) is 6.08 Å². The molecule has 204 valence electrons. The van der Waals surface area contributed by atoms with Crippen LogP contribution in [-0.2, 0) is 17.8 Å². The highest BCUT2D eigenvalue weighted by atomic mass is 35.5. The van der Waals surface area contributed by atoms with Gasteiger partial charge in [-0.2, -0.15) is 5.26 Å². The normalized spacial score (nSPS) is 14.9. The maximum Gasteiger partial charge on any atom is 0.266 e. The molecule has 0 unspecified atom stereocenters. The number of amides is 1. The van der Waals surface area contributed by atoms with E-state index in [-0.39, 0.29) is 12.5 Å². The summed E-state index contributed by atoms with van der Waals surface area (Å²) >= 11 is 7.37. The number of ether oxygens (including phenoxy) is 2. The molecule has 0 saturated carbocycles. The first kappa shape index (κ1) is 29.0. The van der Waals surface area contributed by atoms with Crippen LogP contribution in [0.5, 0.6) is 11.5 Å². The van der Waals surface area contributed by atoms with Gasteiger partial charge >= 0.3 is 0 Å². The molecule has 0 aromatic heterocycles. The van der Waals surface area contributed by atoms with Crippen molar-refractivity contribution in [1.82, 2.24) is 4.90 Å². The minimum Gasteiger partial charge on any atom is -0.490 e. The van der Waals surface area contributed by atoms with Gasteiger partial charge < -0.3 is 9.47 Å². The van der Waals surface area contributed by atoms with Crippen LogP contribution in [0.2, 0.25) is 5.02 Å². The van der Waals surface area contributed by atoms with Crippen molar-refractivity contribution in [3.63, 3.8) is 0 Å². The molecule has 8 heteroatoms. The number of aliphatic imine (C=N–C) groups is 1. The summed E-state index contributed by atoms with van der Waals surface area (Å²) in [5.74, 6) is 1.08. The first-order chi connectivity index (χ1) is 19.5. The first-order valence-electron chi connectivity index (χ1n) is 13.0. The molecule has 4 rings (SSSR count). The SMILES string of the molecule is C=CCc1cc(/C=C2\SC(=Nc3ccc(Cl)cc3)N(CCC)C2=O)cc(OCC)c1OCc1ccccc1C#N. The van der Waals surface area contributed by atoms with Crippen molar-refractivity contribution in [1.29, 1.82) is 5.26 Å². The average Bonchev–Trinajstić information content (AvgIpc) is 3.23. The highest BCUT2D eigenvalue weighted by Crippen LogP contribution is 2.38. The number of hydrogen-bond acceptors (Lipinski definition) is 6. The van der Waals surface area contributed by atoms with E-state index in [1.54, 1.807) is 29.2 Å². The number of carbonyl (C=O) groups is 1. The molecule has 0 radical (unpaired) electrons. The van der Waals surface area contributed by atoms with Gasteiger partial charge in [0.2, 0.25) is 0 Å². The quantitative estimate of drug-likeness (QED) is 0.172. The molecule has 6 nitrogen and oxygen atoms in total. The molecular weight excluding hydrogens is 542 g/mol. The molecule has 1 amide bonds. The van der Waals surface area contributed by atoms with Crippen LogP contribution >= 0.6 is 23.4 Å². The van der Waals surface area contributed by atoms with Crippen molar-refractivity contribution in [2.45, 2.75) is 33.3 Å². The van der Waals surface area contributed by atoms with Crippen LogP contribution in [0.3, 0.4) is 0 Å². The fourth-order valence-corrected chi connectivity index (χ4v) is 5.35. The summed E-state index contributed by atoms with van der Waals surface area (Å²) in [5, 5.41) is 10.7. The molecule has 40 heavy (non-hydrogen) atoms. The molecular formula is C32H30ClN3O3S. The minimum absolute atomic E-state index is 0.0868. The Bertz CT molecular complexity index is 1490. The lowest BCUT2D eigenvalue weighted by Crippen LogP contribution is -2.29. The summed E-state index contributed by atoms with van der Waals surface area (Å²) in [5.41, 5.74) is 3.77. The minimum atomic E-state index is -0.0868. The van der Waals surface area contributed by atoms with E-state index < -0.39 is 0 Å². The number of rotatable bonds is 11. The topological polar surface area (TPSA) is 74.9 Å². The molecule has 0 N–H and O–H groups in total. The number of thioether (sulfide) groups is 1. The Labute approximate surface area is 244 Å². The van der Waals surface area contributed by atoms with E-state index in [0.717, 1.165) is 28.8 Å². The summed E-state index contributed by atoms with van der Waals surface area (Å²) in [6.45, 7) is 9.07. The molecule has 1 aliphatic heterocycles.